The number of likely N-dealkylation sites (N-methyl/N-ethyl adjacent to an activating group) is 1. The van der Waals surface area contributed by atoms with Crippen LogP contribution in [0.1, 0.15) is 24.2 Å². The van der Waals surface area contributed by atoms with Gasteiger partial charge in [-0.05, 0) is 25.8 Å². The molecule has 5 nitrogen and oxygen atoms in total. The first kappa shape index (κ1) is 14.7. The Kier molecular flexibility index (Phi) is 5.88. The van der Waals surface area contributed by atoms with Crippen LogP contribution in [0.5, 0.6) is 0 Å². The third kappa shape index (κ3) is 4.16. The molecular formula is C13H22N2O3. The van der Waals surface area contributed by atoms with Crippen molar-refractivity contribution in [3.8, 4) is 0 Å². The van der Waals surface area contributed by atoms with E-state index in [9.17, 15) is 4.79 Å². The van der Waals surface area contributed by atoms with E-state index in [4.69, 9.17) is 14.9 Å². The molecular weight excluding hydrogens is 232 g/mol. The zero-order valence-electron chi connectivity index (χ0n) is 11.3. The first-order valence-corrected chi connectivity index (χ1v) is 6.08. The van der Waals surface area contributed by atoms with Crippen LogP contribution in [0.15, 0.2) is 16.7 Å². The fourth-order valence-electron chi connectivity index (χ4n) is 1.76. The second-order valence-corrected chi connectivity index (χ2v) is 4.44. The highest BCUT2D eigenvalue weighted by Crippen LogP contribution is 2.12. The van der Waals surface area contributed by atoms with Gasteiger partial charge in [0.05, 0.1) is 12.3 Å². The number of hydrogen-bond acceptors (Lipinski definition) is 4. The maximum atomic E-state index is 12.0. The fraction of sp³-hybridized carbons (Fsp3) is 0.615. The van der Waals surface area contributed by atoms with Crippen LogP contribution >= 0.6 is 0 Å². The van der Waals surface area contributed by atoms with Gasteiger partial charge in [-0.25, -0.2) is 0 Å². The number of hydrogen-bond donors (Lipinski definition) is 1. The average Bonchev–Trinajstić information content (AvgIpc) is 2.74. The highest BCUT2D eigenvalue weighted by atomic mass is 16.5. The summed E-state index contributed by atoms with van der Waals surface area (Å²) < 4.78 is 10.1. The molecule has 18 heavy (non-hydrogen) atoms. The number of amides is 1. The van der Waals surface area contributed by atoms with Gasteiger partial charge in [-0.2, -0.15) is 0 Å². The molecule has 0 aliphatic heterocycles. The molecule has 0 aliphatic carbocycles. The number of aryl methyl sites for hydroxylation is 1. The van der Waals surface area contributed by atoms with E-state index in [-0.39, 0.29) is 5.91 Å². The lowest BCUT2D eigenvalue weighted by Crippen LogP contribution is -2.41. The molecule has 0 aromatic carbocycles. The zero-order valence-corrected chi connectivity index (χ0v) is 11.3. The molecule has 0 aliphatic rings. The number of nitrogens with zero attached hydrogens (tertiary/aromatic N) is 1. The maximum absolute atomic E-state index is 12.0. The van der Waals surface area contributed by atoms with Crippen molar-refractivity contribution in [2.45, 2.75) is 32.4 Å². The van der Waals surface area contributed by atoms with Gasteiger partial charge in [-0.1, -0.05) is 0 Å². The Balaban J connectivity index is 2.43. The number of carbonyl (C=O) groups excluding carboxylic acids is 1. The van der Waals surface area contributed by atoms with Crippen LogP contribution in [-0.2, 0) is 16.1 Å². The summed E-state index contributed by atoms with van der Waals surface area (Å²) in [5.41, 5.74) is 6.86. The molecule has 102 valence electrons. The first-order chi connectivity index (χ1) is 8.56. The van der Waals surface area contributed by atoms with E-state index in [0.29, 0.717) is 19.6 Å². The zero-order chi connectivity index (χ0) is 13.5. The number of nitrogens with two attached hydrogens (primary N) is 1. The smallest absolute Gasteiger partial charge is 0.239 e. The van der Waals surface area contributed by atoms with Crippen LogP contribution in [0.2, 0.25) is 0 Å². The van der Waals surface area contributed by atoms with Crippen molar-refractivity contribution >= 4 is 5.91 Å². The minimum atomic E-state index is -0.461. The van der Waals surface area contributed by atoms with Crippen LogP contribution < -0.4 is 5.73 Å². The quantitative estimate of drug-likeness (QED) is 0.745. The summed E-state index contributed by atoms with van der Waals surface area (Å²) in [5, 5.41) is 0. The Hall–Kier alpha value is -1.33. The Bertz CT molecular complexity index is 376. The highest BCUT2D eigenvalue weighted by Gasteiger charge is 2.18. The van der Waals surface area contributed by atoms with Gasteiger partial charge in [0.1, 0.15) is 5.76 Å². The van der Waals surface area contributed by atoms with Gasteiger partial charge < -0.3 is 19.8 Å². The van der Waals surface area contributed by atoms with Crippen molar-refractivity contribution in [1.29, 1.82) is 0 Å². The van der Waals surface area contributed by atoms with Gasteiger partial charge in [0.2, 0.25) is 5.91 Å². The lowest BCUT2D eigenvalue weighted by atomic mass is 10.1. The van der Waals surface area contributed by atoms with Gasteiger partial charge in [0.25, 0.3) is 0 Å². The predicted molar refractivity (Wildman–Crippen MR) is 69.0 cm³/mol. The van der Waals surface area contributed by atoms with Crippen LogP contribution in [0.4, 0.5) is 0 Å². The molecule has 0 bridgehead atoms. The Morgan fingerprint density at radius 2 is 2.33 bits per heavy atom. The Labute approximate surface area is 108 Å². The summed E-state index contributed by atoms with van der Waals surface area (Å²) in [6, 6.07) is 1.41. The van der Waals surface area contributed by atoms with E-state index in [1.165, 1.54) is 0 Å². The number of carbonyl (C=O) groups is 1. The van der Waals surface area contributed by atoms with Gasteiger partial charge in [-0.15, -0.1) is 0 Å². The Morgan fingerprint density at radius 3 is 2.89 bits per heavy atom. The van der Waals surface area contributed by atoms with Crippen molar-refractivity contribution in [2.75, 3.05) is 20.8 Å². The minimum absolute atomic E-state index is 0.0493. The van der Waals surface area contributed by atoms with E-state index in [2.05, 4.69) is 0 Å². The summed E-state index contributed by atoms with van der Waals surface area (Å²) in [6.45, 7) is 3.04. The van der Waals surface area contributed by atoms with Crippen molar-refractivity contribution < 1.29 is 13.9 Å². The van der Waals surface area contributed by atoms with Crippen molar-refractivity contribution in [1.82, 2.24) is 4.90 Å². The monoisotopic (exact) mass is 254 g/mol. The van der Waals surface area contributed by atoms with Crippen LogP contribution in [0.25, 0.3) is 0 Å². The van der Waals surface area contributed by atoms with E-state index >= 15 is 0 Å². The number of furan rings is 1. The number of methoxy groups -OCH3 is 1. The van der Waals surface area contributed by atoms with Crippen molar-refractivity contribution in [2.24, 2.45) is 5.73 Å². The molecule has 0 spiro atoms. The second kappa shape index (κ2) is 7.18. The van der Waals surface area contributed by atoms with Gasteiger partial charge in [-0.3, -0.25) is 4.79 Å². The summed E-state index contributed by atoms with van der Waals surface area (Å²) in [4.78, 5) is 13.6. The molecule has 1 atom stereocenters. The van der Waals surface area contributed by atoms with Crippen LogP contribution in [0.3, 0.4) is 0 Å². The molecule has 0 saturated heterocycles. The average molecular weight is 254 g/mol. The number of rotatable bonds is 7. The van der Waals surface area contributed by atoms with Crippen molar-refractivity contribution in [3.63, 3.8) is 0 Å². The SMILES string of the molecule is COCCCC(N)C(=O)N(C)Cc1ccoc1C. The maximum Gasteiger partial charge on any atom is 0.239 e. The van der Waals surface area contributed by atoms with Crippen molar-refractivity contribution in [3.05, 3.63) is 23.7 Å². The molecule has 2 N–H and O–H groups in total. The molecule has 1 aromatic rings. The third-order valence-corrected chi connectivity index (χ3v) is 2.93. The summed E-state index contributed by atoms with van der Waals surface area (Å²) in [5.74, 6) is 0.786. The topological polar surface area (TPSA) is 68.7 Å². The normalized spacial score (nSPS) is 12.4. The fourth-order valence-corrected chi connectivity index (χ4v) is 1.76. The standard InChI is InChI=1S/C13H22N2O3/c1-10-11(6-8-18-10)9-15(2)13(16)12(14)5-4-7-17-3/h6,8,12H,4-5,7,9,14H2,1-3H3. The van der Waals surface area contributed by atoms with Gasteiger partial charge >= 0.3 is 0 Å². The lowest BCUT2D eigenvalue weighted by molar-refractivity contribution is -0.132. The number of ether oxygens (including phenoxy) is 1. The summed E-state index contributed by atoms with van der Waals surface area (Å²) in [6.07, 6.45) is 3.06. The van der Waals surface area contributed by atoms with Gasteiger partial charge in [0.15, 0.2) is 0 Å². The molecule has 1 unspecified atom stereocenters. The molecule has 1 amide bonds. The van der Waals surface area contributed by atoms with Crippen LogP contribution in [0, 0.1) is 6.92 Å². The molecule has 5 heteroatoms. The van der Waals surface area contributed by atoms with Crippen LogP contribution in [-0.4, -0.2) is 37.6 Å². The Morgan fingerprint density at radius 1 is 1.61 bits per heavy atom. The largest absolute Gasteiger partial charge is 0.469 e. The predicted octanol–water partition coefficient (Wildman–Crippen LogP) is 1.30. The third-order valence-electron chi connectivity index (χ3n) is 2.93. The summed E-state index contributed by atoms with van der Waals surface area (Å²) >= 11 is 0. The second-order valence-electron chi connectivity index (χ2n) is 4.44. The molecule has 0 fully saturated rings. The van der Waals surface area contributed by atoms with E-state index < -0.39 is 6.04 Å². The van der Waals surface area contributed by atoms with Gasteiger partial charge in [0, 0.05) is 32.9 Å². The highest BCUT2D eigenvalue weighted by molar-refractivity contribution is 5.81. The molecule has 0 radical (unpaired) electrons. The first-order valence-electron chi connectivity index (χ1n) is 6.08. The summed E-state index contributed by atoms with van der Waals surface area (Å²) in [7, 11) is 3.39. The molecule has 1 aromatic heterocycles. The van der Waals surface area contributed by atoms with E-state index in [0.717, 1.165) is 17.7 Å². The minimum Gasteiger partial charge on any atom is -0.469 e. The van der Waals surface area contributed by atoms with E-state index in [1.807, 2.05) is 13.0 Å². The molecule has 0 saturated carbocycles. The molecule has 1 rings (SSSR count). The lowest BCUT2D eigenvalue weighted by Gasteiger charge is -2.21. The molecule has 1 heterocycles. The van der Waals surface area contributed by atoms with E-state index in [1.54, 1.807) is 25.3 Å².